The summed E-state index contributed by atoms with van der Waals surface area (Å²) in [7, 11) is 1.61. The SMILES string of the molecule is Cn1ncc(C(=O)Nc2ccc(Cl)cn2)c1NC=O. The van der Waals surface area contributed by atoms with E-state index in [4.69, 9.17) is 11.6 Å². The molecule has 0 fully saturated rings. The van der Waals surface area contributed by atoms with E-state index < -0.39 is 5.91 Å². The Kier molecular flexibility index (Phi) is 3.76. The molecule has 0 bridgehead atoms. The summed E-state index contributed by atoms with van der Waals surface area (Å²) >= 11 is 5.70. The van der Waals surface area contributed by atoms with Gasteiger partial charge in [-0.2, -0.15) is 5.10 Å². The van der Waals surface area contributed by atoms with Gasteiger partial charge < -0.3 is 10.6 Å². The minimum Gasteiger partial charge on any atom is -0.313 e. The molecule has 0 aliphatic carbocycles. The number of carbonyl (C=O) groups excluding carboxylic acids is 2. The molecule has 0 aromatic carbocycles. The summed E-state index contributed by atoms with van der Waals surface area (Å²) in [6, 6.07) is 3.18. The number of carbonyl (C=O) groups is 2. The average Bonchev–Trinajstić information content (AvgIpc) is 2.75. The van der Waals surface area contributed by atoms with Gasteiger partial charge in [0.25, 0.3) is 5.91 Å². The van der Waals surface area contributed by atoms with Crippen molar-refractivity contribution >= 4 is 35.6 Å². The van der Waals surface area contributed by atoms with Gasteiger partial charge in [-0.1, -0.05) is 11.6 Å². The van der Waals surface area contributed by atoms with Gasteiger partial charge in [-0.15, -0.1) is 0 Å². The normalized spacial score (nSPS) is 10.0. The van der Waals surface area contributed by atoms with Crippen molar-refractivity contribution in [3.8, 4) is 0 Å². The maximum absolute atomic E-state index is 12.0. The first-order valence-electron chi connectivity index (χ1n) is 5.27. The largest absolute Gasteiger partial charge is 0.313 e. The second kappa shape index (κ2) is 5.49. The lowest BCUT2D eigenvalue weighted by molar-refractivity contribution is -0.105. The number of anilines is 2. The predicted molar refractivity (Wildman–Crippen MR) is 70.1 cm³/mol. The minimum absolute atomic E-state index is 0.242. The molecule has 0 unspecified atom stereocenters. The van der Waals surface area contributed by atoms with Crippen LogP contribution in [-0.4, -0.2) is 27.1 Å². The van der Waals surface area contributed by atoms with E-state index >= 15 is 0 Å². The van der Waals surface area contributed by atoms with E-state index in [1.165, 1.54) is 17.1 Å². The lowest BCUT2D eigenvalue weighted by atomic mass is 10.3. The van der Waals surface area contributed by atoms with E-state index in [1.807, 2.05) is 0 Å². The van der Waals surface area contributed by atoms with Gasteiger partial charge in [-0.25, -0.2) is 4.98 Å². The highest BCUT2D eigenvalue weighted by Gasteiger charge is 2.16. The molecule has 7 nitrogen and oxygen atoms in total. The van der Waals surface area contributed by atoms with Crippen molar-refractivity contribution in [3.05, 3.63) is 35.1 Å². The fraction of sp³-hybridized carbons (Fsp3) is 0.0909. The zero-order valence-corrected chi connectivity index (χ0v) is 10.7. The number of aryl methyl sites for hydroxylation is 1. The van der Waals surface area contributed by atoms with Gasteiger partial charge in [0.1, 0.15) is 17.2 Å². The molecule has 0 radical (unpaired) electrons. The number of amides is 2. The molecule has 8 heteroatoms. The number of aromatic nitrogens is 3. The Balaban J connectivity index is 2.20. The van der Waals surface area contributed by atoms with E-state index in [1.54, 1.807) is 19.2 Å². The number of nitrogens with zero attached hydrogens (tertiary/aromatic N) is 3. The number of halogens is 1. The molecule has 0 saturated carbocycles. The smallest absolute Gasteiger partial charge is 0.262 e. The molecule has 2 aromatic heterocycles. The van der Waals surface area contributed by atoms with Crippen molar-refractivity contribution in [1.82, 2.24) is 14.8 Å². The summed E-state index contributed by atoms with van der Waals surface area (Å²) < 4.78 is 1.39. The Morgan fingerprint density at radius 3 is 2.84 bits per heavy atom. The highest BCUT2D eigenvalue weighted by atomic mass is 35.5. The maximum Gasteiger partial charge on any atom is 0.262 e. The quantitative estimate of drug-likeness (QED) is 0.825. The molecule has 2 heterocycles. The first kappa shape index (κ1) is 13.0. The van der Waals surface area contributed by atoms with Crippen LogP contribution >= 0.6 is 11.6 Å². The molecular weight excluding hydrogens is 270 g/mol. The zero-order valence-electron chi connectivity index (χ0n) is 9.92. The zero-order chi connectivity index (χ0) is 13.8. The van der Waals surface area contributed by atoms with Crippen LogP contribution in [0.5, 0.6) is 0 Å². The van der Waals surface area contributed by atoms with Crippen LogP contribution in [0.1, 0.15) is 10.4 Å². The molecule has 2 amide bonds. The molecule has 2 aromatic rings. The van der Waals surface area contributed by atoms with Gasteiger partial charge in [0.15, 0.2) is 0 Å². The second-order valence-corrected chi connectivity index (χ2v) is 4.04. The van der Waals surface area contributed by atoms with Crippen LogP contribution < -0.4 is 10.6 Å². The number of hydrogen-bond donors (Lipinski definition) is 2. The monoisotopic (exact) mass is 279 g/mol. The first-order valence-corrected chi connectivity index (χ1v) is 5.64. The summed E-state index contributed by atoms with van der Waals surface area (Å²) in [6.45, 7) is 0. The third-order valence-electron chi connectivity index (χ3n) is 2.35. The van der Waals surface area contributed by atoms with E-state index in [9.17, 15) is 9.59 Å². The fourth-order valence-electron chi connectivity index (χ4n) is 1.46. The summed E-state index contributed by atoms with van der Waals surface area (Å²) in [5.41, 5.74) is 0.242. The standard InChI is InChI=1S/C11H10ClN5O2/c1-17-10(14-6-18)8(5-15-17)11(19)16-9-3-2-7(12)4-13-9/h2-6H,1H3,(H,14,18)(H,13,16,19). The highest BCUT2D eigenvalue weighted by Crippen LogP contribution is 2.16. The molecule has 0 aliphatic heterocycles. The van der Waals surface area contributed by atoms with Gasteiger partial charge in [0, 0.05) is 13.2 Å². The summed E-state index contributed by atoms with van der Waals surface area (Å²) in [5.74, 6) is 0.240. The fourth-order valence-corrected chi connectivity index (χ4v) is 1.58. The lowest BCUT2D eigenvalue weighted by Gasteiger charge is -2.05. The molecule has 0 saturated heterocycles. The van der Waals surface area contributed by atoms with Crippen LogP contribution in [0.2, 0.25) is 5.02 Å². The van der Waals surface area contributed by atoms with Gasteiger partial charge in [-0.3, -0.25) is 14.3 Å². The van der Waals surface area contributed by atoms with Gasteiger partial charge in [0.05, 0.1) is 11.2 Å². The molecule has 19 heavy (non-hydrogen) atoms. The van der Waals surface area contributed by atoms with Crippen molar-refractivity contribution in [2.45, 2.75) is 0 Å². The Hall–Kier alpha value is -2.41. The highest BCUT2D eigenvalue weighted by molar-refractivity contribution is 6.30. The first-order chi connectivity index (χ1) is 9.11. The second-order valence-electron chi connectivity index (χ2n) is 3.61. The molecule has 2 N–H and O–H groups in total. The van der Waals surface area contributed by atoms with E-state index in [-0.39, 0.29) is 5.56 Å². The average molecular weight is 280 g/mol. The van der Waals surface area contributed by atoms with Crippen molar-refractivity contribution in [3.63, 3.8) is 0 Å². The number of rotatable bonds is 4. The Labute approximate surface area is 113 Å². The third kappa shape index (κ3) is 2.89. The Morgan fingerprint density at radius 1 is 1.42 bits per heavy atom. The molecule has 0 atom stereocenters. The van der Waals surface area contributed by atoms with Crippen LogP contribution in [0.4, 0.5) is 11.6 Å². The van der Waals surface area contributed by atoms with Gasteiger partial charge in [-0.05, 0) is 12.1 Å². The number of hydrogen-bond acceptors (Lipinski definition) is 4. The maximum atomic E-state index is 12.0. The van der Waals surface area contributed by atoms with Crippen LogP contribution in [0.3, 0.4) is 0 Å². The van der Waals surface area contributed by atoms with Crippen LogP contribution in [0.15, 0.2) is 24.5 Å². The van der Waals surface area contributed by atoms with Crippen LogP contribution in [0.25, 0.3) is 0 Å². The Morgan fingerprint density at radius 2 is 2.21 bits per heavy atom. The van der Waals surface area contributed by atoms with Crippen molar-refractivity contribution in [1.29, 1.82) is 0 Å². The van der Waals surface area contributed by atoms with Crippen molar-refractivity contribution in [2.24, 2.45) is 7.05 Å². The Bertz CT molecular complexity index is 608. The third-order valence-corrected chi connectivity index (χ3v) is 2.57. The number of pyridine rings is 1. The van der Waals surface area contributed by atoms with Crippen LogP contribution in [-0.2, 0) is 11.8 Å². The van der Waals surface area contributed by atoms with Gasteiger partial charge >= 0.3 is 0 Å². The summed E-state index contributed by atoms with van der Waals surface area (Å²) in [5, 5.41) is 9.38. The van der Waals surface area contributed by atoms with E-state index in [0.717, 1.165) is 0 Å². The minimum atomic E-state index is -0.424. The molecule has 2 rings (SSSR count). The topological polar surface area (TPSA) is 88.9 Å². The lowest BCUT2D eigenvalue weighted by Crippen LogP contribution is -2.15. The predicted octanol–water partition coefficient (Wildman–Crippen LogP) is 1.29. The molecule has 0 spiro atoms. The summed E-state index contributed by atoms with van der Waals surface area (Å²) in [4.78, 5) is 26.4. The van der Waals surface area contributed by atoms with Crippen molar-refractivity contribution < 1.29 is 9.59 Å². The van der Waals surface area contributed by atoms with Crippen molar-refractivity contribution in [2.75, 3.05) is 10.6 Å². The van der Waals surface area contributed by atoms with E-state index in [2.05, 4.69) is 20.7 Å². The number of nitrogens with one attached hydrogen (secondary N) is 2. The summed E-state index contributed by atoms with van der Waals surface area (Å²) in [6.07, 6.45) is 3.26. The van der Waals surface area contributed by atoms with Crippen LogP contribution in [0, 0.1) is 0 Å². The molecule has 0 aliphatic rings. The molecule has 98 valence electrons. The molecular formula is C11H10ClN5O2. The van der Waals surface area contributed by atoms with Gasteiger partial charge in [0.2, 0.25) is 6.41 Å². The van der Waals surface area contributed by atoms with E-state index in [0.29, 0.717) is 23.1 Å².